The van der Waals surface area contributed by atoms with E-state index in [4.69, 9.17) is 4.74 Å². The highest BCUT2D eigenvalue weighted by atomic mass is 16.6. The molecule has 1 amide bonds. The number of carbonyl (C=O) groups is 1. The first kappa shape index (κ1) is 13.8. The van der Waals surface area contributed by atoms with E-state index in [0.29, 0.717) is 0 Å². The molecule has 0 spiro atoms. The summed E-state index contributed by atoms with van der Waals surface area (Å²) >= 11 is 0. The molecular weight excluding hydrogens is 242 g/mol. The van der Waals surface area contributed by atoms with Gasteiger partial charge in [0.25, 0.3) is 0 Å². The van der Waals surface area contributed by atoms with E-state index >= 15 is 0 Å². The van der Waals surface area contributed by atoms with Gasteiger partial charge in [-0.3, -0.25) is 4.90 Å². The van der Waals surface area contributed by atoms with E-state index in [1.165, 1.54) is 0 Å². The van der Waals surface area contributed by atoms with Crippen LogP contribution in [0.3, 0.4) is 0 Å². The van der Waals surface area contributed by atoms with Crippen molar-refractivity contribution in [2.24, 2.45) is 0 Å². The predicted molar refractivity (Wildman–Crippen MR) is 71.7 cm³/mol. The molecule has 104 valence electrons. The van der Waals surface area contributed by atoms with Crippen molar-refractivity contribution < 1.29 is 9.53 Å². The fraction of sp³-hybridized carbons (Fsp3) is 0.643. The molecule has 0 N–H and O–H groups in total. The van der Waals surface area contributed by atoms with Gasteiger partial charge >= 0.3 is 6.09 Å². The summed E-state index contributed by atoms with van der Waals surface area (Å²) in [7, 11) is 0. The summed E-state index contributed by atoms with van der Waals surface area (Å²) in [4.78, 5) is 22.5. The second-order valence-electron chi connectivity index (χ2n) is 5.86. The number of likely N-dealkylation sites (tertiary alicyclic amines) is 1. The monoisotopic (exact) mass is 263 g/mol. The summed E-state index contributed by atoms with van der Waals surface area (Å²) in [6, 6.07) is 1.89. The van der Waals surface area contributed by atoms with E-state index in [9.17, 15) is 4.79 Å². The standard InChI is InChI=1S/C14H21N3O2/c1-10-15-8-7-11(16-10)12-6-5-9-17(12)13(18)19-14(2,3)4/h7-8,12H,5-6,9H2,1-4H3. The third kappa shape index (κ3) is 3.43. The minimum Gasteiger partial charge on any atom is -0.444 e. The first-order valence-corrected chi connectivity index (χ1v) is 6.66. The van der Waals surface area contributed by atoms with Crippen LogP contribution in [0.1, 0.15) is 51.2 Å². The first-order chi connectivity index (χ1) is 8.87. The van der Waals surface area contributed by atoms with Crippen molar-refractivity contribution in [3.05, 3.63) is 23.8 Å². The van der Waals surface area contributed by atoms with Crippen molar-refractivity contribution >= 4 is 6.09 Å². The van der Waals surface area contributed by atoms with Gasteiger partial charge in [0.2, 0.25) is 0 Å². The first-order valence-electron chi connectivity index (χ1n) is 6.66. The zero-order valence-corrected chi connectivity index (χ0v) is 12.0. The summed E-state index contributed by atoms with van der Waals surface area (Å²) in [6.07, 6.45) is 3.39. The van der Waals surface area contributed by atoms with Crippen LogP contribution < -0.4 is 0 Å². The molecule has 1 aliphatic heterocycles. The molecule has 5 nitrogen and oxygen atoms in total. The number of hydrogen-bond acceptors (Lipinski definition) is 4. The lowest BCUT2D eigenvalue weighted by Gasteiger charge is -2.28. The average Bonchev–Trinajstić information content (AvgIpc) is 2.75. The summed E-state index contributed by atoms with van der Waals surface area (Å²) in [6.45, 7) is 8.22. The Morgan fingerprint density at radius 1 is 1.47 bits per heavy atom. The maximum atomic E-state index is 12.2. The number of amides is 1. The highest BCUT2D eigenvalue weighted by Crippen LogP contribution is 2.31. The number of hydrogen-bond donors (Lipinski definition) is 0. The molecule has 1 aromatic rings. The van der Waals surface area contributed by atoms with Gasteiger partial charge in [-0.15, -0.1) is 0 Å². The second-order valence-corrected chi connectivity index (χ2v) is 5.86. The molecule has 0 aromatic carbocycles. The Kier molecular flexibility index (Phi) is 3.73. The largest absolute Gasteiger partial charge is 0.444 e. The van der Waals surface area contributed by atoms with Crippen molar-refractivity contribution in [1.29, 1.82) is 0 Å². The fourth-order valence-electron chi connectivity index (χ4n) is 2.27. The normalized spacial score (nSPS) is 19.6. The molecule has 1 unspecified atom stereocenters. The van der Waals surface area contributed by atoms with Gasteiger partial charge in [0, 0.05) is 12.7 Å². The van der Waals surface area contributed by atoms with E-state index in [1.54, 1.807) is 11.1 Å². The van der Waals surface area contributed by atoms with Gasteiger partial charge < -0.3 is 4.74 Å². The maximum Gasteiger partial charge on any atom is 0.410 e. The van der Waals surface area contributed by atoms with Crippen LogP contribution in [0.4, 0.5) is 4.79 Å². The smallest absolute Gasteiger partial charge is 0.410 e. The molecule has 0 saturated carbocycles. The van der Waals surface area contributed by atoms with Gasteiger partial charge in [-0.2, -0.15) is 0 Å². The van der Waals surface area contributed by atoms with Gasteiger partial charge in [0.05, 0.1) is 11.7 Å². The molecule has 1 fully saturated rings. The Bertz CT molecular complexity index is 468. The van der Waals surface area contributed by atoms with Crippen molar-refractivity contribution in [2.75, 3.05) is 6.54 Å². The average molecular weight is 263 g/mol. The summed E-state index contributed by atoms with van der Waals surface area (Å²) in [5.74, 6) is 0.730. The number of aromatic nitrogens is 2. The van der Waals surface area contributed by atoms with E-state index in [-0.39, 0.29) is 12.1 Å². The van der Waals surface area contributed by atoms with Crippen molar-refractivity contribution in [2.45, 2.75) is 52.2 Å². The molecular formula is C14H21N3O2. The zero-order valence-electron chi connectivity index (χ0n) is 12.0. The number of nitrogens with zero attached hydrogens (tertiary/aromatic N) is 3. The molecule has 2 heterocycles. The minimum atomic E-state index is -0.466. The quantitative estimate of drug-likeness (QED) is 0.781. The molecule has 0 bridgehead atoms. The number of ether oxygens (including phenoxy) is 1. The topological polar surface area (TPSA) is 55.3 Å². The lowest BCUT2D eigenvalue weighted by molar-refractivity contribution is 0.0221. The van der Waals surface area contributed by atoms with Crippen LogP contribution in [0.2, 0.25) is 0 Å². The number of carbonyl (C=O) groups excluding carboxylic acids is 1. The molecule has 0 radical (unpaired) electrons. The molecule has 1 atom stereocenters. The third-order valence-corrected chi connectivity index (χ3v) is 3.02. The number of aryl methyl sites for hydroxylation is 1. The van der Waals surface area contributed by atoms with Crippen molar-refractivity contribution in [3.63, 3.8) is 0 Å². The Morgan fingerprint density at radius 3 is 2.84 bits per heavy atom. The van der Waals surface area contributed by atoms with Gasteiger partial charge in [0.15, 0.2) is 0 Å². The van der Waals surface area contributed by atoms with Crippen LogP contribution in [-0.4, -0.2) is 33.1 Å². The van der Waals surface area contributed by atoms with E-state index in [0.717, 1.165) is 30.9 Å². The van der Waals surface area contributed by atoms with Gasteiger partial charge in [0.1, 0.15) is 11.4 Å². The molecule has 19 heavy (non-hydrogen) atoms. The maximum absolute atomic E-state index is 12.2. The Labute approximate surface area is 114 Å². The Hall–Kier alpha value is -1.65. The van der Waals surface area contributed by atoms with Crippen LogP contribution in [0, 0.1) is 6.92 Å². The lowest BCUT2D eigenvalue weighted by Crippen LogP contribution is -2.36. The van der Waals surface area contributed by atoms with Crippen LogP contribution in [0.25, 0.3) is 0 Å². The summed E-state index contributed by atoms with van der Waals surface area (Å²) in [5.41, 5.74) is 0.432. The summed E-state index contributed by atoms with van der Waals surface area (Å²) < 4.78 is 5.45. The molecule has 1 aliphatic rings. The van der Waals surface area contributed by atoms with Gasteiger partial charge in [-0.05, 0) is 46.6 Å². The van der Waals surface area contributed by atoms with Crippen LogP contribution in [0.5, 0.6) is 0 Å². The molecule has 1 saturated heterocycles. The van der Waals surface area contributed by atoms with E-state index in [2.05, 4.69) is 9.97 Å². The van der Waals surface area contributed by atoms with Crippen LogP contribution >= 0.6 is 0 Å². The molecule has 1 aromatic heterocycles. The minimum absolute atomic E-state index is 0.0107. The highest BCUT2D eigenvalue weighted by molar-refractivity contribution is 5.69. The van der Waals surface area contributed by atoms with Crippen LogP contribution in [-0.2, 0) is 4.74 Å². The molecule has 0 aliphatic carbocycles. The van der Waals surface area contributed by atoms with E-state index < -0.39 is 5.60 Å². The van der Waals surface area contributed by atoms with Crippen molar-refractivity contribution in [1.82, 2.24) is 14.9 Å². The Balaban J connectivity index is 2.15. The van der Waals surface area contributed by atoms with Gasteiger partial charge in [-0.25, -0.2) is 14.8 Å². The lowest BCUT2D eigenvalue weighted by atomic mass is 10.1. The molecule has 2 rings (SSSR count). The van der Waals surface area contributed by atoms with Gasteiger partial charge in [-0.1, -0.05) is 0 Å². The third-order valence-electron chi connectivity index (χ3n) is 3.02. The molecule has 5 heteroatoms. The highest BCUT2D eigenvalue weighted by Gasteiger charge is 2.33. The zero-order chi connectivity index (χ0) is 14.0. The number of rotatable bonds is 1. The second kappa shape index (κ2) is 5.15. The fourth-order valence-corrected chi connectivity index (χ4v) is 2.27. The Morgan fingerprint density at radius 2 is 2.21 bits per heavy atom. The summed E-state index contributed by atoms with van der Waals surface area (Å²) in [5, 5.41) is 0. The SMILES string of the molecule is Cc1nccc(C2CCCN2C(=O)OC(C)(C)C)n1. The van der Waals surface area contributed by atoms with Crippen molar-refractivity contribution in [3.8, 4) is 0 Å². The van der Waals surface area contributed by atoms with E-state index in [1.807, 2.05) is 33.8 Å². The predicted octanol–water partition coefficient (Wildman–Crippen LogP) is 2.86. The van der Waals surface area contributed by atoms with Crippen LogP contribution in [0.15, 0.2) is 12.3 Å².